The predicted octanol–water partition coefficient (Wildman–Crippen LogP) is 3.75. The van der Waals surface area contributed by atoms with Crippen molar-refractivity contribution in [3.8, 4) is 0 Å². The summed E-state index contributed by atoms with van der Waals surface area (Å²) in [4.78, 5) is 4.44. The summed E-state index contributed by atoms with van der Waals surface area (Å²) >= 11 is 1.48. The van der Waals surface area contributed by atoms with Gasteiger partial charge in [-0.2, -0.15) is 5.10 Å². The Kier molecular flexibility index (Phi) is 3.88. The van der Waals surface area contributed by atoms with Gasteiger partial charge in [0.2, 0.25) is 0 Å². The molecule has 110 valence electrons. The first-order chi connectivity index (χ1) is 10.1. The molecule has 0 fully saturated rings. The number of nitrogens with one attached hydrogen (secondary N) is 1. The van der Waals surface area contributed by atoms with E-state index in [2.05, 4.69) is 28.4 Å². The SMILES string of the molecule is Cc1cc(C)n(CCCNc2nc3ccc(F)cc3s2)n1. The van der Waals surface area contributed by atoms with E-state index in [4.69, 9.17) is 0 Å². The summed E-state index contributed by atoms with van der Waals surface area (Å²) in [6.45, 7) is 5.77. The Bertz CT molecular complexity index is 762. The third-order valence-electron chi connectivity index (χ3n) is 3.28. The van der Waals surface area contributed by atoms with Crippen LogP contribution in [0.1, 0.15) is 17.8 Å². The molecule has 2 aromatic heterocycles. The van der Waals surface area contributed by atoms with Crippen molar-refractivity contribution in [1.29, 1.82) is 0 Å². The van der Waals surface area contributed by atoms with Crippen molar-refractivity contribution in [1.82, 2.24) is 14.8 Å². The quantitative estimate of drug-likeness (QED) is 0.730. The van der Waals surface area contributed by atoms with Crippen LogP contribution in [0.4, 0.5) is 9.52 Å². The van der Waals surface area contributed by atoms with Gasteiger partial charge in [-0.05, 0) is 44.5 Å². The summed E-state index contributed by atoms with van der Waals surface area (Å²) in [6.07, 6.45) is 0.965. The number of rotatable bonds is 5. The fraction of sp³-hybridized carbons (Fsp3) is 0.333. The largest absolute Gasteiger partial charge is 0.361 e. The maximum Gasteiger partial charge on any atom is 0.183 e. The number of halogens is 1. The van der Waals surface area contributed by atoms with Crippen LogP contribution in [-0.2, 0) is 6.54 Å². The topological polar surface area (TPSA) is 42.7 Å². The molecule has 1 aromatic carbocycles. The van der Waals surface area contributed by atoms with Crippen LogP contribution in [0, 0.1) is 19.7 Å². The molecular formula is C15H17FN4S. The number of aryl methyl sites for hydroxylation is 3. The van der Waals surface area contributed by atoms with E-state index in [1.54, 1.807) is 6.07 Å². The fourth-order valence-corrected chi connectivity index (χ4v) is 3.22. The highest BCUT2D eigenvalue weighted by Gasteiger charge is 2.05. The lowest BCUT2D eigenvalue weighted by Gasteiger charge is -2.05. The average molecular weight is 304 g/mol. The summed E-state index contributed by atoms with van der Waals surface area (Å²) in [7, 11) is 0. The van der Waals surface area contributed by atoms with E-state index in [0.29, 0.717) is 0 Å². The van der Waals surface area contributed by atoms with Crippen LogP contribution in [0.2, 0.25) is 0 Å². The Morgan fingerprint density at radius 2 is 2.14 bits per heavy atom. The molecule has 4 nitrogen and oxygen atoms in total. The molecule has 0 saturated carbocycles. The van der Waals surface area contributed by atoms with Gasteiger partial charge in [-0.1, -0.05) is 11.3 Å². The molecule has 3 rings (SSSR count). The second kappa shape index (κ2) is 5.81. The number of aromatic nitrogens is 3. The van der Waals surface area contributed by atoms with Crippen LogP contribution in [0.25, 0.3) is 10.2 Å². The first kappa shape index (κ1) is 14.0. The maximum atomic E-state index is 13.1. The molecule has 0 radical (unpaired) electrons. The smallest absolute Gasteiger partial charge is 0.183 e. The number of benzene rings is 1. The van der Waals surface area contributed by atoms with Crippen LogP contribution in [0.3, 0.4) is 0 Å². The Hall–Kier alpha value is -1.95. The molecule has 1 N–H and O–H groups in total. The van der Waals surface area contributed by atoms with Gasteiger partial charge >= 0.3 is 0 Å². The van der Waals surface area contributed by atoms with Crippen molar-refractivity contribution in [2.45, 2.75) is 26.8 Å². The number of anilines is 1. The van der Waals surface area contributed by atoms with Gasteiger partial charge in [0.25, 0.3) is 0 Å². The first-order valence-electron chi connectivity index (χ1n) is 6.93. The van der Waals surface area contributed by atoms with Gasteiger partial charge in [0.05, 0.1) is 15.9 Å². The van der Waals surface area contributed by atoms with E-state index in [1.807, 2.05) is 11.6 Å². The Balaban J connectivity index is 1.55. The Labute approximate surface area is 126 Å². The number of hydrogen-bond donors (Lipinski definition) is 1. The predicted molar refractivity (Wildman–Crippen MR) is 84.4 cm³/mol. The molecule has 0 atom stereocenters. The van der Waals surface area contributed by atoms with E-state index in [1.165, 1.54) is 29.2 Å². The molecule has 0 spiro atoms. The number of thiazole rings is 1. The number of nitrogens with zero attached hydrogens (tertiary/aromatic N) is 3. The van der Waals surface area contributed by atoms with Gasteiger partial charge in [0.15, 0.2) is 5.13 Å². The van der Waals surface area contributed by atoms with Crippen molar-refractivity contribution in [2.75, 3.05) is 11.9 Å². The zero-order valence-electron chi connectivity index (χ0n) is 12.1. The summed E-state index contributed by atoms with van der Waals surface area (Å²) in [5.41, 5.74) is 3.07. The van der Waals surface area contributed by atoms with E-state index in [9.17, 15) is 4.39 Å². The van der Waals surface area contributed by atoms with E-state index < -0.39 is 0 Å². The molecule has 2 heterocycles. The first-order valence-corrected chi connectivity index (χ1v) is 7.74. The van der Waals surface area contributed by atoms with E-state index >= 15 is 0 Å². The van der Waals surface area contributed by atoms with Gasteiger partial charge in [-0.15, -0.1) is 0 Å². The van der Waals surface area contributed by atoms with Crippen molar-refractivity contribution in [3.05, 3.63) is 41.5 Å². The lowest BCUT2D eigenvalue weighted by atomic mass is 10.3. The van der Waals surface area contributed by atoms with Crippen LogP contribution in [0.15, 0.2) is 24.3 Å². The summed E-state index contributed by atoms with van der Waals surface area (Å²) < 4.78 is 16.0. The molecule has 0 unspecified atom stereocenters. The van der Waals surface area contributed by atoms with Gasteiger partial charge in [0, 0.05) is 18.8 Å². The van der Waals surface area contributed by atoms with Gasteiger partial charge in [-0.3, -0.25) is 4.68 Å². The lowest BCUT2D eigenvalue weighted by Crippen LogP contribution is -2.08. The van der Waals surface area contributed by atoms with Crippen molar-refractivity contribution >= 4 is 26.7 Å². The summed E-state index contributed by atoms with van der Waals surface area (Å²) in [6, 6.07) is 6.75. The Morgan fingerprint density at radius 3 is 2.90 bits per heavy atom. The second-order valence-electron chi connectivity index (χ2n) is 5.06. The normalized spacial score (nSPS) is 11.2. The third kappa shape index (κ3) is 3.21. The lowest BCUT2D eigenvalue weighted by molar-refractivity contribution is 0.573. The van der Waals surface area contributed by atoms with Crippen molar-refractivity contribution in [3.63, 3.8) is 0 Å². The Morgan fingerprint density at radius 1 is 1.29 bits per heavy atom. The van der Waals surface area contributed by atoms with Crippen LogP contribution in [0.5, 0.6) is 0 Å². The van der Waals surface area contributed by atoms with E-state index in [-0.39, 0.29) is 5.82 Å². The monoisotopic (exact) mass is 304 g/mol. The van der Waals surface area contributed by atoms with Crippen LogP contribution in [-0.4, -0.2) is 21.3 Å². The summed E-state index contributed by atoms with van der Waals surface area (Å²) in [5.74, 6) is -0.220. The molecule has 0 amide bonds. The molecule has 3 aromatic rings. The standard InChI is InChI=1S/C15H17FN4S/c1-10-8-11(2)20(19-10)7-3-6-17-15-18-13-5-4-12(16)9-14(13)21-15/h4-5,8-9H,3,6-7H2,1-2H3,(H,17,18). The highest BCUT2D eigenvalue weighted by atomic mass is 32.1. The van der Waals surface area contributed by atoms with Crippen LogP contribution >= 0.6 is 11.3 Å². The molecule has 0 saturated heterocycles. The molecule has 21 heavy (non-hydrogen) atoms. The third-order valence-corrected chi connectivity index (χ3v) is 4.25. The zero-order valence-corrected chi connectivity index (χ0v) is 12.9. The minimum atomic E-state index is -0.220. The molecule has 0 bridgehead atoms. The highest BCUT2D eigenvalue weighted by Crippen LogP contribution is 2.26. The minimum absolute atomic E-state index is 0.220. The maximum absolute atomic E-state index is 13.1. The van der Waals surface area contributed by atoms with Gasteiger partial charge in [0.1, 0.15) is 5.82 Å². The van der Waals surface area contributed by atoms with Crippen molar-refractivity contribution in [2.24, 2.45) is 0 Å². The highest BCUT2D eigenvalue weighted by molar-refractivity contribution is 7.22. The fourth-order valence-electron chi connectivity index (χ4n) is 2.30. The molecule has 0 aliphatic rings. The molecule has 0 aliphatic carbocycles. The van der Waals surface area contributed by atoms with E-state index in [0.717, 1.165) is 40.6 Å². The molecule has 0 aliphatic heterocycles. The van der Waals surface area contributed by atoms with Crippen LogP contribution < -0.4 is 5.32 Å². The summed E-state index contributed by atoms with van der Waals surface area (Å²) in [5, 5.41) is 8.56. The zero-order chi connectivity index (χ0) is 14.8. The number of hydrogen-bond acceptors (Lipinski definition) is 4. The van der Waals surface area contributed by atoms with Gasteiger partial charge in [-0.25, -0.2) is 9.37 Å². The number of fused-ring (bicyclic) bond motifs is 1. The second-order valence-corrected chi connectivity index (χ2v) is 6.09. The molecular weight excluding hydrogens is 287 g/mol. The average Bonchev–Trinajstić information content (AvgIpc) is 2.97. The minimum Gasteiger partial charge on any atom is -0.361 e. The van der Waals surface area contributed by atoms with Gasteiger partial charge < -0.3 is 5.32 Å². The molecule has 6 heteroatoms. The van der Waals surface area contributed by atoms with Crippen molar-refractivity contribution < 1.29 is 4.39 Å².